The van der Waals surface area contributed by atoms with Crippen molar-refractivity contribution in [1.29, 1.82) is 0 Å². The molecule has 0 radical (unpaired) electrons. The molecule has 2 rings (SSSR count). The molecule has 0 aliphatic heterocycles. The van der Waals surface area contributed by atoms with Gasteiger partial charge in [-0.15, -0.1) is 0 Å². The van der Waals surface area contributed by atoms with Gasteiger partial charge in [-0.25, -0.2) is 4.79 Å². The molecule has 2 N–H and O–H groups in total. The summed E-state index contributed by atoms with van der Waals surface area (Å²) in [6.07, 6.45) is 2.82. The number of rotatable bonds is 5. The summed E-state index contributed by atoms with van der Waals surface area (Å²) in [5.41, 5.74) is 1.18. The van der Waals surface area contributed by atoms with Gasteiger partial charge in [-0.1, -0.05) is 24.3 Å². The van der Waals surface area contributed by atoms with Crippen LogP contribution < -0.4 is 5.32 Å². The van der Waals surface area contributed by atoms with Crippen molar-refractivity contribution in [1.82, 2.24) is 0 Å². The topological polar surface area (TPSA) is 66.4 Å². The highest BCUT2D eigenvalue weighted by Gasteiger charge is 2.07. The zero-order chi connectivity index (χ0) is 15.2. The van der Waals surface area contributed by atoms with Gasteiger partial charge in [0.25, 0.3) is 0 Å². The molecular formula is C16H12INO3. The normalized spacial score (nSPS) is 10.5. The van der Waals surface area contributed by atoms with Crippen molar-refractivity contribution in [2.45, 2.75) is 0 Å². The average Bonchev–Trinajstić information content (AvgIpc) is 2.48. The Morgan fingerprint density at radius 2 is 1.71 bits per heavy atom. The summed E-state index contributed by atoms with van der Waals surface area (Å²) in [7, 11) is 0. The molecule has 0 spiro atoms. The molecule has 0 bridgehead atoms. The van der Waals surface area contributed by atoms with E-state index in [1.807, 2.05) is 12.1 Å². The van der Waals surface area contributed by atoms with E-state index in [9.17, 15) is 9.59 Å². The smallest absolute Gasteiger partial charge is 0.337 e. The number of hydrogen-bond donors (Lipinski definition) is 2. The first-order valence-electron chi connectivity index (χ1n) is 6.13. The van der Waals surface area contributed by atoms with Crippen LogP contribution in [0.3, 0.4) is 0 Å². The molecule has 0 fully saturated rings. The molecule has 0 amide bonds. The SMILES string of the molecule is O=C(/C=C\Nc1ccccc1C(=O)O)c1ccc(I)cc1. The van der Waals surface area contributed by atoms with Gasteiger partial charge in [-0.3, -0.25) is 4.79 Å². The number of carbonyl (C=O) groups excluding carboxylic acids is 1. The Morgan fingerprint density at radius 3 is 2.38 bits per heavy atom. The molecule has 0 heterocycles. The Balaban J connectivity index is 2.07. The fourth-order valence-corrected chi connectivity index (χ4v) is 2.07. The maximum atomic E-state index is 11.9. The van der Waals surface area contributed by atoms with Crippen molar-refractivity contribution < 1.29 is 14.7 Å². The molecule has 0 aliphatic carbocycles. The number of carboxylic acids is 1. The minimum absolute atomic E-state index is 0.147. The lowest BCUT2D eigenvalue weighted by atomic mass is 10.1. The fourth-order valence-electron chi connectivity index (χ4n) is 1.71. The van der Waals surface area contributed by atoms with E-state index in [2.05, 4.69) is 27.9 Å². The van der Waals surface area contributed by atoms with E-state index < -0.39 is 5.97 Å². The van der Waals surface area contributed by atoms with E-state index in [1.54, 1.807) is 30.3 Å². The van der Waals surface area contributed by atoms with Crippen molar-refractivity contribution in [3.63, 3.8) is 0 Å². The average molecular weight is 393 g/mol. The second kappa shape index (κ2) is 7.03. The number of anilines is 1. The van der Waals surface area contributed by atoms with Crippen LogP contribution in [0.1, 0.15) is 20.7 Å². The maximum absolute atomic E-state index is 11.9. The number of hydrogen-bond acceptors (Lipinski definition) is 3. The third kappa shape index (κ3) is 4.16. The molecule has 0 aliphatic rings. The van der Waals surface area contributed by atoms with Gasteiger partial charge in [-0.05, 0) is 46.9 Å². The van der Waals surface area contributed by atoms with Gasteiger partial charge in [0.2, 0.25) is 0 Å². The standard InChI is InChI=1S/C16H12INO3/c17-12-7-5-11(6-8-12)15(19)9-10-18-14-4-2-1-3-13(14)16(20)21/h1-10,18H,(H,20,21)/b10-9-. The molecule has 0 atom stereocenters. The van der Waals surface area contributed by atoms with Gasteiger partial charge in [0.05, 0.1) is 11.3 Å². The second-order valence-corrected chi connectivity index (χ2v) is 5.45. The number of carboxylic acid groups (broad SMARTS) is 1. The highest BCUT2D eigenvalue weighted by molar-refractivity contribution is 14.1. The Kier molecular flexibility index (Phi) is 5.10. The largest absolute Gasteiger partial charge is 0.478 e. The Morgan fingerprint density at radius 1 is 1.05 bits per heavy atom. The molecule has 21 heavy (non-hydrogen) atoms. The van der Waals surface area contributed by atoms with E-state index in [0.29, 0.717) is 11.3 Å². The molecule has 2 aromatic carbocycles. The predicted octanol–water partition coefficient (Wildman–Crippen LogP) is 3.80. The van der Waals surface area contributed by atoms with Gasteiger partial charge < -0.3 is 10.4 Å². The predicted molar refractivity (Wildman–Crippen MR) is 89.7 cm³/mol. The van der Waals surface area contributed by atoms with Gasteiger partial charge in [0.1, 0.15) is 0 Å². The molecule has 106 valence electrons. The van der Waals surface area contributed by atoms with Crippen LogP contribution in [0.5, 0.6) is 0 Å². The van der Waals surface area contributed by atoms with Crippen LogP contribution in [0, 0.1) is 3.57 Å². The zero-order valence-electron chi connectivity index (χ0n) is 10.9. The van der Waals surface area contributed by atoms with Crippen LogP contribution in [-0.2, 0) is 0 Å². The van der Waals surface area contributed by atoms with Crippen LogP contribution in [0.2, 0.25) is 0 Å². The first kappa shape index (κ1) is 15.2. The minimum Gasteiger partial charge on any atom is -0.478 e. The summed E-state index contributed by atoms with van der Waals surface area (Å²) in [6, 6.07) is 13.7. The highest BCUT2D eigenvalue weighted by Crippen LogP contribution is 2.15. The molecule has 5 heteroatoms. The lowest BCUT2D eigenvalue weighted by Crippen LogP contribution is -2.02. The van der Waals surface area contributed by atoms with Gasteiger partial charge in [0, 0.05) is 21.4 Å². The first-order chi connectivity index (χ1) is 10.1. The zero-order valence-corrected chi connectivity index (χ0v) is 13.1. The summed E-state index contributed by atoms with van der Waals surface area (Å²) < 4.78 is 1.06. The number of para-hydroxylation sites is 1. The van der Waals surface area contributed by atoms with Gasteiger partial charge in [0.15, 0.2) is 5.78 Å². The van der Waals surface area contributed by atoms with Crippen molar-refractivity contribution in [3.8, 4) is 0 Å². The van der Waals surface area contributed by atoms with Crippen LogP contribution in [-0.4, -0.2) is 16.9 Å². The number of aromatic carboxylic acids is 1. The molecule has 4 nitrogen and oxygen atoms in total. The Hall–Kier alpha value is -2.15. The summed E-state index contributed by atoms with van der Waals surface area (Å²) in [6.45, 7) is 0. The first-order valence-corrected chi connectivity index (χ1v) is 7.21. The lowest BCUT2D eigenvalue weighted by molar-refractivity contribution is 0.0698. The van der Waals surface area contributed by atoms with E-state index in [4.69, 9.17) is 5.11 Å². The molecule has 2 aromatic rings. The molecule has 0 unspecified atom stereocenters. The van der Waals surface area contributed by atoms with E-state index in [0.717, 1.165) is 3.57 Å². The van der Waals surface area contributed by atoms with Crippen molar-refractivity contribution in [2.24, 2.45) is 0 Å². The van der Waals surface area contributed by atoms with Crippen molar-refractivity contribution in [2.75, 3.05) is 5.32 Å². The molecular weight excluding hydrogens is 381 g/mol. The maximum Gasteiger partial charge on any atom is 0.337 e. The second-order valence-electron chi connectivity index (χ2n) is 4.20. The fraction of sp³-hybridized carbons (Fsp3) is 0. The Labute approximate surface area is 135 Å². The number of ketones is 1. The number of carbonyl (C=O) groups is 2. The van der Waals surface area contributed by atoms with Crippen LogP contribution in [0.4, 0.5) is 5.69 Å². The third-order valence-corrected chi connectivity index (χ3v) is 3.48. The third-order valence-electron chi connectivity index (χ3n) is 2.76. The molecule has 0 saturated carbocycles. The van der Waals surface area contributed by atoms with Crippen LogP contribution in [0.25, 0.3) is 0 Å². The van der Waals surface area contributed by atoms with E-state index in [1.165, 1.54) is 18.3 Å². The highest BCUT2D eigenvalue weighted by atomic mass is 127. The minimum atomic E-state index is -1.02. The van der Waals surface area contributed by atoms with Crippen LogP contribution >= 0.6 is 22.6 Å². The van der Waals surface area contributed by atoms with Crippen LogP contribution in [0.15, 0.2) is 60.8 Å². The van der Waals surface area contributed by atoms with Crippen molar-refractivity contribution >= 4 is 40.0 Å². The number of halogens is 1. The molecule has 0 aromatic heterocycles. The lowest BCUT2D eigenvalue weighted by Gasteiger charge is -2.04. The number of allylic oxidation sites excluding steroid dienone is 1. The van der Waals surface area contributed by atoms with Gasteiger partial charge >= 0.3 is 5.97 Å². The number of benzene rings is 2. The van der Waals surface area contributed by atoms with Crippen molar-refractivity contribution in [3.05, 3.63) is 75.5 Å². The summed E-state index contributed by atoms with van der Waals surface area (Å²) >= 11 is 2.17. The quantitative estimate of drug-likeness (QED) is 0.461. The Bertz CT molecular complexity index is 693. The summed E-state index contributed by atoms with van der Waals surface area (Å²) in [4.78, 5) is 23.0. The van der Waals surface area contributed by atoms with E-state index in [-0.39, 0.29) is 11.3 Å². The summed E-state index contributed by atoms with van der Waals surface area (Å²) in [5, 5.41) is 11.9. The monoisotopic (exact) mass is 393 g/mol. The number of nitrogens with one attached hydrogen (secondary N) is 1. The summed E-state index contributed by atoms with van der Waals surface area (Å²) in [5.74, 6) is -1.16. The van der Waals surface area contributed by atoms with E-state index >= 15 is 0 Å². The molecule has 0 saturated heterocycles. The van der Waals surface area contributed by atoms with Gasteiger partial charge in [-0.2, -0.15) is 0 Å².